The second kappa shape index (κ2) is 4.66. The van der Waals surface area contributed by atoms with Crippen molar-refractivity contribution < 1.29 is 12.8 Å². The zero-order valence-electron chi connectivity index (χ0n) is 9.30. The Morgan fingerprint density at radius 1 is 1.06 bits per heavy atom. The molecule has 2 rings (SSSR count). The van der Waals surface area contributed by atoms with Gasteiger partial charge in [-0.05, 0) is 42.5 Å². The third-order valence-electron chi connectivity index (χ3n) is 2.27. The predicted octanol–water partition coefficient (Wildman–Crippen LogP) is 2.21. The molecule has 0 radical (unpaired) electrons. The van der Waals surface area contributed by atoms with Crippen molar-refractivity contribution in [2.45, 2.75) is 4.90 Å². The summed E-state index contributed by atoms with van der Waals surface area (Å²) in [6.07, 6.45) is 0. The Kier molecular flexibility index (Phi) is 3.20. The Balaban J connectivity index is 2.30. The van der Waals surface area contributed by atoms with Crippen molar-refractivity contribution in [2.24, 2.45) is 0 Å². The molecule has 0 bridgehead atoms. The second-order valence-electron chi connectivity index (χ2n) is 3.68. The molecule has 94 valence electrons. The summed E-state index contributed by atoms with van der Waals surface area (Å²) in [7, 11) is -3.78. The summed E-state index contributed by atoms with van der Waals surface area (Å²) in [5.74, 6) is -0.602. The van der Waals surface area contributed by atoms with Crippen LogP contribution < -0.4 is 10.5 Å². The van der Waals surface area contributed by atoms with E-state index in [-0.39, 0.29) is 4.90 Å². The Morgan fingerprint density at radius 2 is 1.72 bits per heavy atom. The van der Waals surface area contributed by atoms with Crippen molar-refractivity contribution in [1.29, 1.82) is 0 Å². The van der Waals surface area contributed by atoms with E-state index in [9.17, 15) is 12.8 Å². The van der Waals surface area contributed by atoms with Gasteiger partial charge in [0.1, 0.15) is 5.82 Å². The van der Waals surface area contributed by atoms with Gasteiger partial charge >= 0.3 is 0 Å². The first kappa shape index (κ1) is 12.4. The molecule has 0 saturated carbocycles. The minimum Gasteiger partial charge on any atom is -0.399 e. The van der Waals surface area contributed by atoms with Crippen molar-refractivity contribution in [3.8, 4) is 0 Å². The van der Waals surface area contributed by atoms with Gasteiger partial charge in [0.15, 0.2) is 0 Å². The fourth-order valence-electron chi connectivity index (χ4n) is 1.40. The van der Waals surface area contributed by atoms with Crippen LogP contribution in [-0.4, -0.2) is 8.42 Å². The molecule has 0 aliphatic heterocycles. The van der Waals surface area contributed by atoms with E-state index < -0.39 is 15.8 Å². The van der Waals surface area contributed by atoms with E-state index in [0.29, 0.717) is 11.4 Å². The zero-order chi connectivity index (χ0) is 13.2. The number of hydrogen-bond donors (Lipinski definition) is 2. The quantitative estimate of drug-likeness (QED) is 0.837. The Bertz CT molecular complexity index is 654. The fourth-order valence-corrected chi connectivity index (χ4v) is 2.49. The fraction of sp³-hybridized carbons (Fsp3) is 0. The molecule has 3 N–H and O–H groups in total. The molecule has 0 atom stereocenters. The molecule has 0 amide bonds. The number of hydrogen-bond acceptors (Lipinski definition) is 3. The molecule has 4 nitrogen and oxygen atoms in total. The van der Waals surface area contributed by atoms with Crippen LogP contribution in [0.3, 0.4) is 0 Å². The standard InChI is InChI=1S/C12H11FN2O2S/c13-9-2-1-3-12(8-9)18(16,17)15-11-6-4-10(14)5-7-11/h1-8,15H,14H2. The minimum atomic E-state index is -3.78. The molecule has 0 saturated heterocycles. The highest BCUT2D eigenvalue weighted by Gasteiger charge is 2.14. The first-order valence-electron chi connectivity index (χ1n) is 5.11. The minimum absolute atomic E-state index is 0.126. The van der Waals surface area contributed by atoms with Crippen LogP contribution in [0.4, 0.5) is 15.8 Å². The monoisotopic (exact) mass is 266 g/mol. The summed E-state index contributed by atoms with van der Waals surface area (Å²) in [5.41, 5.74) is 6.39. The summed E-state index contributed by atoms with van der Waals surface area (Å²) in [4.78, 5) is -0.126. The van der Waals surface area contributed by atoms with Gasteiger partial charge in [0.25, 0.3) is 10.0 Å². The van der Waals surface area contributed by atoms with E-state index >= 15 is 0 Å². The van der Waals surface area contributed by atoms with Gasteiger partial charge in [-0.25, -0.2) is 12.8 Å². The predicted molar refractivity (Wildman–Crippen MR) is 68.1 cm³/mol. The highest BCUT2D eigenvalue weighted by molar-refractivity contribution is 7.92. The third kappa shape index (κ3) is 2.78. The van der Waals surface area contributed by atoms with Crippen LogP contribution in [0, 0.1) is 5.82 Å². The van der Waals surface area contributed by atoms with Crippen LogP contribution in [0.2, 0.25) is 0 Å². The highest BCUT2D eigenvalue weighted by atomic mass is 32.2. The second-order valence-corrected chi connectivity index (χ2v) is 5.37. The molecular formula is C12H11FN2O2S. The number of sulfonamides is 1. The molecule has 0 aromatic heterocycles. The molecule has 0 aliphatic carbocycles. The Morgan fingerprint density at radius 3 is 2.33 bits per heavy atom. The maximum atomic E-state index is 13.0. The van der Waals surface area contributed by atoms with Crippen molar-refractivity contribution in [3.05, 3.63) is 54.3 Å². The van der Waals surface area contributed by atoms with Gasteiger partial charge in [0.2, 0.25) is 0 Å². The highest BCUT2D eigenvalue weighted by Crippen LogP contribution is 2.17. The average molecular weight is 266 g/mol. The van der Waals surface area contributed by atoms with Gasteiger partial charge in [0.05, 0.1) is 4.90 Å². The Hall–Kier alpha value is -2.08. The number of halogens is 1. The molecule has 6 heteroatoms. The normalized spacial score (nSPS) is 11.2. The first-order chi connectivity index (χ1) is 8.47. The lowest BCUT2D eigenvalue weighted by Crippen LogP contribution is -2.13. The maximum Gasteiger partial charge on any atom is 0.261 e. The number of nitrogens with two attached hydrogens (primary N) is 1. The van der Waals surface area contributed by atoms with Gasteiger partial charge in [-0.15, -0.1) is 0 Å². The number of nitrogen functional groups attached to an aromatic ring is 1. The number of benzene rings is 2. The van der Waals surface area contributed by atoms with E-state index in [1.807, 2.05) is 0 Å². The van der Waals surface area contributed by atoms with Crippen molar-refractivity contribution in [1.82, 2.24) is 0 Å². The van der Waals surface area contributed by atoms with Gasteiger partial charge in [0, 0.05) is 11.4 Å². The summed E-state index contributed by atoms with van der Waals surface area (Å²) in [6, 6.07) is 11.0. The topological polar surface area (TPSA) is 72.2 Å². The van der Waals surface area contributed by atoms with Crippen molar-refractivity contribution >= 4 is 21.4 Å². The van der Waals surface area contributed by atoms with Crippen LogP contribution in [-0.2, 0) is 10.0 Å². The molecule has 2 aromatic rings. The van der Waals surface area contributed by atoms with E-state index in [1.165, 1.54) is 30.3 Å². The summed E-state index contributed by atoms with van der Waals surface area (Å²) in [6.45, 7) is 0. The Labute approximate surface area is 104 Å². The van der Waals surface area contributed by atoms with Crippen LogP contribution >= 0.6 is 0 Å². The van der Waals surface area contributed by atoms with Gasteiger partial charge in [-0.2, -0.15) is 0 Å². The number of rotatable bonds is 3. The van der Waals surface area contributed by atoms with Crippen molar-refractivity contribution in [2.75, 3.05) is 10.5 Å². The molecule has 0 fully saturated rings. The van der Waals surface area contributed by atoms with Crippen LogP contribution in [0.25, 0.3) is 0 Å². The van der Waals surface area contributed by atoms with E-state index in [0.717, 1.165) is 6.07 Å². The van der Waals surface area contributed by atoms with E-state index in [2.05, 4.69) is 4.72 Å². The van der Waals surface area contributed by atoms with Gasteiger partial charge in [-0.1, -0.05) is 6.07 Å². The molecule has 18 heavy (non-hydrogen) atoms. The lowest BCUT2D eigenvalue weighted by molar-refractivity contribution is 0.595. The smallest absolute Gasteiger partial charge is 0.261 e. The summed E-state index contributed by atoms with van der Waals surface area (Å²) >= 11 is 0. The largest absolute Gasteiger partial charge is 0.399 e. The number of anilines is 2. The van der Waals surface area contributed by atoms with Crippen LogP contribution in [0.15, 0.2) is 53.4 Å². The van der Waals surface area contributed by atoms with E-state index in [1.54, 1.807) is 12.1 Å². The lowest BCUT2D eigenvalue weighted by atomic mass is 10.3. The molecule has 0 aliphatic rings. The van der Waals surface area contributed by atoms with Crippen LogP contribution in [0.1, 0.15) is 0 Å². The average Bonchev–Trinajstić information content (AvgIpc) is 2.32. The van der Waals surface area contributed by atoms with Crippen LogP contribution in [0.5, 0.6) is 0 Å². The van der Waals surface area contributed by atoms with E-state index in [4.69, 9.17) is 5.73 Å². The summed E-state index contributed by atoms with van der Waals surface area (Å²) in [5, 5.41) is 0. The van der Waals surface area contributed by atoms with Gasteiger partial charge in [-0.3, -0.25) is 4.72 Å². The molecule has 2 aromatic carbocycles. The molecule has 0 spiro atoms. The first-order valence-corrected chi connectivity index (χ1v) is 6.60. The van der Waals surface area contributed by atoms with Gasteiger partial charge < -0.3 is 5.73 Å². The zero-order valence-corrected chi connectivity index (χ0v) is 10.1. The molecular weight excluding hydrogens is 255 g/mol. The summed E-state index contributed by atoms with van der Waals surface area (Å²) < 4.78 is 39.2. The maximum absolute atomic E-state index is 13.0. The molecule has 0 heterocycles. The number of nitrogens with one attached hydrogen (secondary N) is 1. The lowest BCUT2D eigenvalue weighted by Gasteiger charge is -2.08. The van der Waals surface area contributed by atoms with Crippen molar-refractivity contribution in [3.63, 3.8) is 0 Å². The molecule has 0 unspecified atom stereocenters. The third-order valence-corrected chi connectivity index (χ3v) is 3.65. The SMILES string of the molecule is Nc1ccc(NS(=O)(=O)c2cccc(F)c2)cc1.